The van der Waals surface area contributed by atoms with E-state index in [2.05, 4.69) is 54.1 Å². The lowest BCUT2D eigenvalue weighted by molar-refractivity contribution is 0.0516. The van der Waals surface area contributed by atoms with Crippen LogP contribution in [0.2, 0.25) is 0 Å². The van der Waals surface area contributed by atoms with Gasteiger partial charge in [0.15, 0.2) is 0 Å². The second kappa shape index (κ2) is 21.5. The number of allylic oxidation sites excluding steroid dienone is 1. The van der Waals surface area contributed by atoms with Gasteiger partial charge < -0.3 is 15.0 Å². The summed E-state index contributed by atoms with van der Waals surface area (Å²) in [6, 6.07) is 20.3. The monoisotopic (exact) mass is 438 g/mol. The Labute approximate surface area is 195 Å². The molecular weight excluding hydrogens is 396 g/mol. The summed E-state index contributed by atoms with van der Waals surface area (Å²) in [6.07, 6.45) is 9.34. The number of hydrogen-bond acceptors (Lipinski definition) is 4. The van der Waals surface area contributed by atoms with Gasteiger partial charge in [0.1, 0.15) is 0 Å². The van der Waals surface area contributed by atoms with E-state index in [4.69, 9.17) is 4.74 Å². The van der Waals surface area contributed by atoms with Gasteiger partial charge in [0.2, 0.25) is 0 Å². The molecule has 1 saturated heterocycles. The van der Waals surface area contributed by atoms with E-state index in [1.165, 1.54) is 31.4 Å². The number of rotatable bonds is 6. The molecule has 0 radical (unpaired) electrons. The minimum absolute atomic E-state index is 0.282. The molecule has 176 valence electrons. The van der Waals surface area contributed by atoms with Crippen LogP contribution in [0.1, 0.15) is 74.8 Å². The predicted molar refractivity (Wildman–Crippen MR) is 139 cm³/mol. The predicted octanol–water partition coefficient (Wildman–Crippen LogP) is 7.04. The van der Waals surface area contributed by atoms with E-state index in [0.717, 1.165) is 6.42 Å². The second-order valence-electron chi connectivity index (χ2n) is 6.84. The molecule has 4 nitrogen and oxygen atoms in total. The largest absolute Gasteiger partial charge is 0.462 e. The van der Waals surface area contributed by atoms with Crippen LogP contribution in [0.15, 0.2) is 78.3 Å². The fraction of sp³-hybridized carbons (Fsp3) is 0.429. The number of piperidine rings is 1. The van der Waals surface area contributed by atoms with Crippen molar-refractivity contribution in [1.29, 1.82) is 0 Å². The van der Waals surface area contributed by atoms with E-state index in [-0.39, 0.29) is 5.97 Å². The van der Waals surface area contributed by atoms with E-state index in [0.29, 0.717) is 24.6 Å². The van der Waals surface area contributed by atoms with Gasteiger partial charge in [-0.2, -0.15) is 0 Å². The fourth-order valence-electron chi connectivity index (χ4n) is 2.81. The number of hydrogen-bond donors (Lipinski definition) is 1. The van der Waals surface area contributed by atoms with E-state index in [1.54, 1.807) is 25.4 Å². The van der Waals surface area contributed by atoms with Crippen LogP contribution < -0.4 is 5.32 Å². The summed E-state index contributed by atoms with van der Waals surface area (Å²) in [6.45, 7) is 11.1. The first-order chi connectivity index (χ1) is 15.7. The Bertz CT molecular complexity index is 709. The molecule has 1 N–H and O–H groups in total. The summed E-state index contributed by atoms with van der Waals surface area (Å²) in [5.74, 6) is -0.282. The van der Waals surface area contributed by atoms with Crippen LogP contribution in [0.25, 0.3) is 0 Å². The zero-order chi connectivity index (χ0) is 23.9. The highest BCUT2D eigenvalue weighted by atomic mass is 16.5. The zero-order valence-corrected chi connectivity index (χ0v) is 20.4. The van der Waals surface area contributed by atoms with Gasteiger partial charge in [0.25, 0.3) is 0 Å². The second-order valence-corrected chi connectivity index (χ2v) is 6.84. The van der Waals surface area contributed by atoms with Crippen LogP contribution in [-0.4, -0.2) is 32.4 Å². The van der Waals surface area contributed by atoms with Crippen LogP contribution in [0.5, 0.6) is 0 Å². The molecule has 4 heteroatoms. The maximum absolute atomic E-state index is 11.3. The smallest absolute Gasteiger partial charge is 0.338 e. The van der Waals surface area contributed by atoms with Crippen LogP contribution in [0, 0.1) is 0 Å². The first-order valence-corrected chi connectivity index (χ1v) is 11.7. The lowest BCUT2D eigenvalue weighted by Gasteiger charge is -2.23. The molecule has 1 aliphatic rings. The van der Waals surface area contributed by atoms with Gasteiger partial charge in [-0.25, -0.2) is 4.79 Å². The van der Waals surface area contributed by atoms with Gasteiger partial charge in [0, 0.05) is 25.7 Å². The molecular formula is C28H42N2O2. The summed E-state index contributed by atoms with van der Waals surface area (Å²) >= 11 is 0. The van der Waals surface area contributed by atoms with Crippen molar-refractivity contribution < 1.29 is 9.53 Å². The summed E-state index contributed by atoms with van der Waals surface area (Å²) in [4.78, 5) is 15.1. The number of carbonyl (C=O) groups is 1. The molecule has 1 fully saturated rings. The van der Waals surface area contributed by atoms with Crippen molar-refractivity contribution in [3.8, 4) is 0 Å². The van der Waals surface area contributed by atoms with Gasteiger partial charge in [-0.05, 0) is 43.5 Å². The zero-order valence-electron chi connectivity index (χ0n) is 20.4. The van der Waals surface area contributed by atoms with Crippen molar-refractivity contribution in [2.24, 2.45) is 4.99 Å². The van der Waals surface area contributed by atoms with Crippen molar-refractivity contribution in [3.05, 3.63) is 84.4 Å². The van der Waals surface area contributed by atoms with Crippen molar-refractivity contribution in [2.75, 3.05) is 20.2 Å². The number of aliphatic imine (C=N–C) groups is 1. The number of benzene rings is 2. The normalized spacial score (nSPS) is 14.4. The number of esters is 1. The SMILES string of the molecule is C=CCC.CC.CN=CCCOC(=O)c1ccccc1.c1ccc(C2CCCCN2)cc1. The molecule has 1 aliphatic heterocycles. The summed E-state index contributed by atoms with van der Waals surface area (Å²) in [7, 11) is 1.69. The molecule has 0 spiro atoms. The summed E-state index contributed by atoms with van der Waals surface area (Å²) in [5.41, 5.74) is 2.03. The Kier molecular flexibility index (Phi) is 19.7. The van der Waals surface area contributed by atoms with Crippen LogP contribution in [0.3, 0.4) is 0 Å². The molecule has 32 heavy (non-hydrogen) atoms. The van der Waals surface area contributed by atoms with E-state index >= 15 is 0 Å². The van der Waals surface area contributed by atoms with Crippen molar-refractivity contribution in [3.63, 3.8) is 0 Å². The highest BCUT2D eigenvalue weighted by Crippen LogP contribution is 2.21. The average Bonchev–Trinajstić information content (AvgIpc) is 2.90. The maximum Gasteiger partial charge on any atom is 0.338 e. The molecule has 3 rings (SSSR count). The molecule has 1 heterocycles. The Morgan fingerprint density at radius 2 is 1.69 bits per heavy atom. The first kappa shape index (κ1) is 29.3. The van der Waals surface area contributed by atoms with Crippen molar-refractivity contribution in [1.82, 2.24) is 5.32 Å². The van der Waals surface area contributed by atoms with E-state index < -0.39 is 0 Å². The third-order valence-corrected chi connectivity index (χ3v) is 4.47. The lowest BCUT2D eigenvalue weighted by Crippen LogP contribution is -2.26. The summed E-state index contributed by atoms with van der Waals surface area (Å²) in [5, 5.41) is 3.54. The molecule has 2 aromatic rings. The highest BCUT2D eigenvalue weighted by molar-refractivity contribution is 5.89. The quantitative estimate of drug-likeness (QED) is 0.228. The Hall–Kier alpha value is -2.72. The molecule has 0 bridgehead atoms. The average molecular weight is 439 g/mol. The minimum atomic E-state index is -0.282. The highest BCUT2D eigenvalue weighted by Gasteiger charge is 2.13. The first-order valence-electron chi connectivity index (χ1n) is 11.7. The summed E-state index contributed by atoms with van der Waals surface area (Å²) < 4.78 is 5.00. The maximum atomic E-state index is 11.3. The van der Waals surface area contributed by atoms with Gasteiger partial charge in [-0.15, -0.1) is 6.58 Å². The van der Waals surface area contributed by atoms with Gasteiger partial charge in [-0.1, -0.05) is 81.8 Å². The molecule has 0 amide bonds. The Balaban J connectivity index is 0.000000486. The van der Waals surface area contributed by atoms with Gasteiger partial charge in [-0.3, -0.25) is 0 Å². The van der Waals surface area contributed by atoms with E-state index in [9.17, 15) is 4.79 Å². The van der Waals surface area contributed by atoms with Gasteiger partial charge >= 0.3 is 5.97 Å². The Morgan fingerprint density at radius 3 is 2.19 bits per heavy atom. The fourth-order valence-corrected chi connectivity index (χ4v) is 2.81. The number of nitrogens with zero attached hydrogens (tertiary/aromatic N) is 1. The molecule has 1 atom stereocenters. The number of ether oxygens (including phenoxy) is 1. The molecule has 1 unspecified atom stereocenters. The number of nitrogens with one attached hydrogen (secondary N) is 1. The van der Waals surface area contributed by atoms with Gasteiger partial charge in [0.05, 0.1) is 12.2 Å². The molecule has 0 aliphatic carbocycles. The lowest BCUT2D eigenvalue weighted by atomic mass is 9.98. The standard InChI is InChI=1S/C11H13NO2.C11H15N.C4H8.C2H6/c1-12-8-5-9-14-11(13)10-6-3-2-4-7-10;1-2-6-10(7-3-1)11-8-4-5-9-12-11;1-3-4-2;1-2/h2-4,6-8H,5,9H2,1H3;1-3,6-7,11-12H,4-5,8-9H2;3H,1,4H2,2H3;1-2H3. The van der Waals surface area contributed by atoms with Crippen molar-refractivity contribution in [2.45, 2.75) is 58.9 Å². The topological polar surface area (TPSA) is 50.7 Å². The van der Waals surface area contributed by atoms with E-state index in [1.807, 2.05) is 38.1 Å². The third kappa shape index (κ3) is 14.3. The minimum Gasteiger partial charge on any atom is -0.462 e. The molecule has 2 aromatic carbocycles. The van der Waals surface area contributed by atoms with Crippen LogP contribution in [0.4, 0.5) is 0 Å². The van der Waals surface area contributed by atoms with Crippen LogP contribution >= 0.6 is 0 Å². The third-order valence-electron chi connectivity index (χ3n) is 4.47. The van der Waals surface area contributed by atoms with Crippen LogP contribution in [-0.2, 0) is 4.74 Å². The molecule has 0 aromatic heterocycles. The van der Waals surface area contributed by atoms with Crippen molar-refractivity contribution >= 4 is 12.2 Å². The Morgan fingerprint density at radius 1 is 1.09 bits per heavy atom. The number of carbonyl (C=O) groups excluding carboxylic acids is 1. The molecule has 0 saturated carbocycles.